The molecule has 110 valence electrons. The number of aryl methyl sites for hydroxylation is 1. The monoisotopic (exact) mass is 289 g/mol. The average Bonchev–Trinajstić information content (AvgIpc) is 2.73. The number of ether oxygens (including phenoxy) is 1. The molecule has 1 unspecified atom stereocenters. The first-order chi connectivity index (χ1) is 8.94. The van der Waals surface area contributed by atoms with Crippen molar-refractivity contribution in [1.82, 2.24) is 9.78 Å². The van der Waals surface area contributed by atoms with Crippen LogP contribution in [0.5, 0.6) is 5.75 Å². The van der Waals surface area contributed by atoms with Crippen LogP contribution in [0.15, 0.2) is 12.4 Å². The zero-order valence-electron chi connectivity index (χ0n) is 11.6. The number of nitrogens with two attached hydrogens (primary N) is 1. The maximum Gasteiger partial charge on any atom is 0.209 e. The Morgan fingerprint density at radius 1 is 1.42 bits per heavy atom. The molecule has 1 aromatic rings. The van der Waals surface area contributed by atoms with Crippen LogP contribution in [0.25, 0.3) is 0 Å². The van der Waals surface area contributed by atoms with Gasteiger partial charge < -0.3 is 4.74 Å². The minimum absolute atomic E-state index is 0.0378. The van der Waals surface area contributed by atoms with E-state index in [4.69, 9.17) is 9.88 Å². The Balaban J connectivity index is 2.50. The lowest BCUT2D eigenvalue weighted by molar-refractivity contribution is 0.252. The van der Waals surface area contributed by atoms with Gasteiger partial charge in [-0.25, -0.2) is 13.6 Å². The van der Waals surface area contributed by atoms with Gasteiger partial charge in [0.1, 0.15) is 0 Å². The molecular weight excluding hydrogens is 266 g/mol. The van der Waals surface area contributed by atoms with Crippen LogP contribution in [-0.2, 0) is 16.6 Å². The fourth-order valence-electron chi connectivity index (χ4n) is 1.94. The summed E-state index contributed by atoms with van der Waals surface area (Å²) in [5.41, 5.74) is 0. The lowest BCUT2D eigenvalue weighted by Crippen LogP contribution is -2.26. The second-order valence-electron chi connectivity index (χ2n) is 4.73. The fourth-order valence-corrected chi connectivity index (χ4v) is 2.86. The third-order valence-electron chi connectivity index (χ3n) is 2.71. The third kappa shape index (κ3) is 6.58. The van der Waals surface area contributed by atoms with E-state index in [1.54, 1.807) is 6.20 Å². The predicted octanol–water partition coefficient (Wildman–Crippen LogP) is 1.38. The molecular formula is C12H23N3O3S. The maximum absolute atomic E-state index is 11.1. The van der Waals surface area contributed by atoms with Crippen molar-refractivity contribution >= 4 is 10.0 Å². The quantitative estimate of drug-likeness (QED) is 0.744. The molecule has 0 aliphatic carbocycles. The van der Waals surface area contributed by atoms with Crippen molar-refractivity contribution < 1.29 is 13.2 Å². The van der Waals surface area contributed by atoms with Gasteiger partial charge in [0, 0.05) is 12.5 Å². The molecule has 6 nitrogen and oxygen atoms in total. The minimum atomic E-state index is -3.45. The molecule has 0 aliphatic heterocycles. The van der Waals surface area contributed by atoms with E-state index in [9.17, 15) is 8.42 Å². The molecule has 0 aliphatic rings. The number of primary sulfonamides is 1. The first-order valence-electron chi connectivity index (χ1n) is 6.60. The number of rotatable bonds is 9. The Bertz CT molecular complexity index is 470. The average molecular weight is 289 g/mol. The second-order valence-corrected chi connectivity index (χ2v) is 6.39. The largest absolute Gasteiger partial charge is 0.490 e. The summed E-state index contributed by atoms with van der Waals surface area (Å²) in [5.74, 6) is 0.558. The molecule has 1 rings (SSSR count). The van der Waals surface area contributed by atoms with Gasteiger partial charge in [-0.2, -0.15) is 5.10 Å². The van der Waals surface area contributed by atoms with E-state index >= 15 is 0 Å². The molecule has 0 saturated heterocycles. The summed E-state index contributed by atoms with van der Waals surface area (Å²) < 4.78 is 29.6. The van der Waals surface area contributed by atoms with Crippen molar-refractivity contribution in [2.24, 2.45) is 11.1 Å². The number of nitrogens with zero attached hydrogens (tertiary/aromatic N) is 2. The van der Waals surface area contributed by atoms with E-state index in [0.29, 0.717) is 12.4 Å². The van der Waals surface area contributed by atoms with Crippen molar-refractivity contribution in [1.29, 1.82) is 0 Å². The van der Waals surface area contributed by atoms with Crippen LogP contribution in [0.2, 0.25) is 0 Å². The molecule has 2 N–H and O–H groups in total. The lowest BCUT2D eigenvalue weighted by Gasteiger charge is -2.14. The smallest absolute Gasteiger partial charge is 0.209 e. The van der Waals surface area contributed by atoms with Gasteiger partial charge in [0.05, 0.1) is 24.8 Å². The van der Waals surface area contributed by atoms with Gasteiger partial charge in [0.25, 0.3) is 0 Å². The maximum atomic E-state index is 11.1. The zero-order valence-corrected chi connectivity index (χ0v) is 12.4. The number of hydrogen-bond donors (Lipinski definition) is 1. The highest BCUT2D eigenvalue weighted by molar-refractivity contribution is 7.89. The van der Waals surface area contributed by atoms with E-state index in [0.717, 1.165) is 25.8 Å². The van der Waals surface area contributed by atoms with Crippen LogP contribution < -0.4 is 9.88 Å². The molecule has 1 heterocycles. The van der Waals surface area contributed by atoms with Crippen molar-refractivity contribution in [3.8, 4) is 5.75 Å². The van der Waals surface area contributed by atoms with Gasteiger partial charge in [0.15, 0.2) is 5.75 Å². The van der Waals surface area contributed by atoms with Crippen LogP contribution in [0.4, 0.5) is 0 Å². The lowest BCUT2D eigenvalue weighted by atomic mass is 10.1. The van der Waals surface area contributed by atoms with E-state index in [2.05, 4.69) is 12.0 Å². The normalized spacial score (nSPS) is 13.4. The van der Waals surface area contributed by atoms with Crippen LogP contribution in [-0.4, -0.2) is 30.6 Å². The molecule has 0 radical (unpaired) electrons. The zero-order chi connectivity index (χ0) is 14.3. The SMILES string of the molecule is CCCC(COc1cnn(CCC)c1)CS(N)(=O)=O. The molecule has 0 amide bonds. The summed E-state index contributed by atoms with van der Waals surface area (Å²) >= 11 is 0. The highest BCUT2D eigenvalue weighted by Crippen LogP contribution is 2.14. The van der Waals surface area contributed by atoms with Gasteiger partial charge in [-0.1, -0.05) is 20.3 Å². The van der Waals surface area contributed by atoms with Crippen molar-refractivity contribution in [3.05, 3.63) is 12.4 Å². The van der Waals surface area contributed by atoms with Gasteiger partial charge in [-0.05, 0) is 12.8 Å². The molecule has 0 saturated carbocycles. The van der Waals surface area contributed by atoms with E-state index in [-0.39, 0.29) is 11.7 Å². The molecule has 1 aromatic heterocycles. The standard InChI is InChI=1S/C12H23N3O3S/c1-3-5-11(10-19(13,16)17)9-18-12-7-14-15(8-12)6-4-2/h7-8,11H,3-6,9-10H2,1-2H3,(H2,13,16,17). The molecule has 0 bridgehead atoms. The molecule has 19 heavy (non-hydrogen) atoms. The summed E-state index contributed by atoms with van der Waals surface area (Å²) in [7, 11) is -3.45. The predicted molar refractivity (Wildman–Crippen MR) is 74.4 cm³/mol. The van der Waals surface area contributed by atoms with Gasteiger partial charge in [-0.15, -0.1) is 0 Å². The van der Waals surface area contributed by atoms with E-state index in [1.807, 2.05) is 17.8 Å². The van der Waals surface area contributed by atoms with Crippen LogP contribution >= 0.6 is 0 Å². The molecule has 0 fully saturated rings. The Morgan fingerprint density at radius 2 is 2.16 bits per heavy atom. The van der Waals surface area contributed by atoms with E-state index < -0.39 is 10.0 Å². The number of aromatic nitrogens is 2. The Kier molecular flexibility index (Phi) is 6.30. The third-order valence-corrected chi connectivity index (χ3v) is 3.65. The molecule has 7 heteroatoms. The number of hydrogen-bond acceptors (Lipinski definition) is 4. The first-order valence-corrected chi connectivity index (χ1v) is 8.31. The van der Waals surface area contributed by atoms with Crippen LogP contribution in [0.3, 0.4) is 0 Å². The molecule has 0 spiro atoms. The highest BCUT2D eigenvalue weighted by Gasteiger charge is 2.16. The second kappa shape index (κ2) is 7.49. The topological polar surface area (TPSA) is 87.2 Å². The van der Waals surface area contributed by atoms with Gasteiger partial charge in [-0.3, -0.25) is 4.68 Å². The summed E-state index contributed by atoms with van der Waals surface area (Å²) in [6.07, 6.45) is 6.15. The minimum Gasteiger partial charge on any atom is -0.490 e. The summed E-state index contributed by atoms with van der Waals surface area (Å²) in [5, 5.41) is 9.23. The Hall–Kier alpha value is -1.08. The van der Waals surface area contributed by atoms with Gasteiger partial charge in [0.2, 0.25) is 10.0 Å². The summed E-state index contributed by atoms with van der Waals surface area (Å²) in [6, 6.07) is 0. The van der Waals surface area contributed by atoms with Crippen molar-refractivity contribution in [2.75, 3.05) is 12.4 Å². The van der Waals surface area contributed by atoms with Crippen LogP contribution in [0.1, 0.15) is 33.1 Å². The number of sulfonamides is 1. The first kappa shape index (κ1) is 16.0. The van der Waals surface area contributed by atoms with Gasteiger partial charge >= 0.3 is 0 Å². The Labute approximate surface area is 115 Å². The summed E-state index contributed by atoms with van der Waals surface area (Å²) in [6.45, 7) is 5.28. The van der Waals surface area contributed by atoms with Crippen molar-refractivity contribution in [3.63, 3.8) is 0 Å². The molecule has 0 aromatic carbocycles. The fraction of sp³-hybridized carbons (Fsp3) is 0.750. The Morgan fingerprint density at radius 3 is 2.74 bits per heavy atom. The molecule has 1 atom stereocenters. The van der Waals surface area contributed by atoms with Crippen molar-refractivity contribution in [2.45, 2.75) is 39.7 Å². The van der Waals surface area contributed by atoms with E-state index in [1.165, 1.54) is 0 Å². The highest BCUT2D eigenvalue weighted by atomic mass is 32.2. The summed E-state index contributed by atoms with van der Waals surface area (Å²) in [4.78, 5) is 0. The van der Waals surface area contributed by atoms with Crippen LogP contribution in [0, 0.1) is 5.92 Å².